The van der Waals surface area contributed by atoms with Gasteiger partial charge in [-0.05, 0) is 30.3 Å². The van der Waals surface area contributed by atoms with Gasteiger partial charge >= 0.3 is 5.97 Å². The van der Waals surface area contributed by atoms with Crippen LogP contribution in [0.1, 0.15) is 6.42 Å². The van der Waals surface area contributed by atoms with Gasteiger partial charge in [0.1, 0.15) is 22.6 Å². The van der Waals surface area contributed by atoms with Crippen molar-refractivity contribution in [3.63, 3.8) is 0 Å². The third kappa shape index (κ3) is 9.11. The molecule has 0 heterocycles. The van der Waals surface area contributed by atoms with Crippen LogP contribution < -0.4 is 14.2 Å². The van der Waals surface area contributed by atoms with E-state index in [1.165, 1.54) is 6.08 Å². The predicted octanol–water partition coefficient (Wildman–Crippen LogP) is 6.74. The number of ether oxygens (including phenoxy) is 4. The highest BCUT2D eigenvalue weighted by molar-refractivity contribution is 6.55. The van der Waals surface area contributed by atoms with E-state index in [4.69, 9.17) is 77.0 Å². The van der Waals surface area contributed by atoms with Crippen LogP contribution in [-0.4, -0.2) is 32.4 Å². The van der Waals surface area contributed by atoms with Gasteiger partial charge in [-0.3, -0.25) is 0 Å². The fourth-order valence-electron chi connectivity index (χ4n) is 2.09. The summed E-state index contributed by atoms with van der Waals surface area (Å²) in [4.78, 5) is 11.7. The number of halogens is 5. The Balaban J connectivity index is 1.68. The Morgan fingerprint density at radius 2 is 1.53 bits per heavy atom. The van der Waals surface area contributed by atoms with Gasteiger partial charge in [-0.15, -0.1) is 0 Å². The van der Waals surface area contributed by atoms with E-state index in [9.17, 15) is 4.79 Å². The number of carbonyl (C=O) groups is 1. The highest BCUT2D eigenvalue weighted by atomic mass is 35.5. The zero-order valence-electron chi connectivity index (χ0n) is 15.5. The standard InChI is InChI=1S/C20H17Cl5O5/c21-13-2-4-14(5-3-13)30-12-19(26)28-7-1-8-29-20-16(22)10-15(11-17(20)23)27-9-6-18(24)25/h2-6,10-11H,1,7-9,12H2. The van der Waals surface area contributed by atoms with Gasteiger partial charge in [0.15, 0.2) is 12.4 Å². The molecule has 0 unspecified atom stereocenters. The molecule has 10 heteroatoms. The Morgan fingerprint density at radius 3 is 2.17 bits per heavy atom. The summed E-state index contributed by atoms with van der Waals surface area (Å²) in [7, 11) is 0. The van der Waals surface area contributed by atoms with Crippen molar-refractivity contribution in [3.05, 3.63) is 62.0 Å². The number of carbonyl (C=O) groups excluding carboxylic acids is 1. The Hall–Kier alpha value is -1.50. The lowest BCUT2D eigenvalue weighted by Crippen LogP contribution is -2.16. The lowest BCUT2D eigenvalue weighted by Gasteiger charge is -2.12. The number of rotatable bonds is 11. The van der Waals surface area contributed by atoms with Crippen molar-refractivity contribution >= 4 is 64.0 Å². The summed E-state index contributed by atoms with van der Waals surface area (Å²) >= 11 is 29.2. The maximum absolute atomic E-state index is 11.7. The molecule has 162 valence electrons. The molecule has 0 spiro atoms. The van der Waals surface area contributed by atoms with Crippen molar-refractivity contribution in [3.8, 4) is 17.2 Å². The van der Waals surface area contributed by atoms with Crippen molar-refractivity contribution in [1.29, 1.82) is 0 Å². The molecular weight excluding hydrogens is 497 g/mol. The molecule has 0 bridgehead atoms. The molecular formula is C20H17Cl5O5. The third-order valence-corrected chi connectivity index (χ3v) is 4.55. The Morgan fingerprint density at radius 1 is 0.867 bits per heavy atom. The Kier molecular flexibility index (Phi) is 10.8. The number of benzene rings is 2. The average Bonchev–Trinajstić information content (AvgIpc) is 2.69. The van der Waals surface area contributed by atoms with Gasteiger partial charge in [-0.2, -0.15) is 0 Å². The van der Waals surface area contributed by atoms with Gasteiger partial charge in [0.25, 0.3) is 0 Å². The molecule has 0 amide bonds. The third-order valence-electron chi connectivity index (χ3n) is 3.43. The molecule has 0 radical (unpaired) electrons. The van der Waals surface area contributed by atoms with Crippen LogP contribution >= 0.6 is 58.0 Å². The van der Waals surface area contributed by atoms with Crippen LogP contribution in [0.2, 0.25) is 15.1 Å². The van der Waals surface area contributed by atoms with E-state index in [2.05, 4.69) is 0 Å². The van der Waals surface area contributed by atoms with Gasteiger partial charge in [-0.1, -0.05) is 58.0 Å². The quantitative estimate of drug-likeness (QED) is 0.246. The fourth-order valence-corrected chi connectivity index (χ4v) is 2.92. The lowest BCUT2D eigenvalue weighted by atomic mass is 10.3. The molecule has 0 N–H and O–H groups in total. The van der Waals surface area contributed by atoms with E-state index >= 15 is 0 Å². The van der Waals surface area contributed by atoms with Gasteiger partial charge in [0, 0.05) is 23.6 Å². The molecule has 0 saturated heterocycles. The highest BCUT2D eigenvalue weighted by Gasteiger charge is 2.11. The van der Waals surface area contributed by atoms with Gasteiger partial charge in [0.05, 0.1) is 23.3 Å². The van der Waals surface area contributed by atoms with Crippen molar-refractivity contribution < 1.29 is 23.7 Å². The monoisotopic (exact) mass is 512 g/mol. The normalized spacial score (nSPS) is 10.3. The van der Waals surface area contributed by atoms with Crippen LogP contribution in [0.4, 0.5) is 0 Å². The first kappa shape index (κ1) is 24.8. The van der Waals surface area contributed by atoms with Crippen molar-refractivity contribution in [2.75, 3.05) is 26.4 Å². The molecule has 2 aromatic rings. The minimum atomic E-state index is -0.492. The number of hydrogen-bond acceptors (Lipinski definition) is 5. The van der Waals surface area contributed by atoms with Gasteiger partial charge in [0.2, 0.25) is 0 Å². The molecule has 0 fully saturated rings. The molecule has 2 aromatic carbocycles. The first-order valence-corrected chi connectivity index (χ1v) is 10.5. The highest BCUT2D eigenvalue weighted by Crippen LogP contribution is 2.37. The maximum atomic E-state index is 11.7. The van der Waals surface area contributed by atoms with Crippen LogP contribution in [0, 0.1) is 0 Å². The second-order valence-electron chi connectivity index (χ2n) is 5.69. The van der Waals surface area contributed by atoms with Crippen LogP contribution in [0.15, 0.2) is 47.0 Å². The maximum Gasteiger partial charge on any atom is 0.344 e. The minimum absolute atomic E-state index is 0.101. The SMILES string of the molecule is O=C(COc1ccc(Cl)cc1)OCCCOc1c(Cl)cc(OCC=C(Cl)Cl)cc1Cl. The summed E-state index contributed by atoms with van der Waals surface area (Å²) < 4.78 is 21.5. The van der Waals surface area contributed by atoms with E-state index in [0.29, 0.717) is 28.7 Å². The van der Waals surface area contributed by atoms with Gasteiger partial charge in [-0.25, -0.2) is 4.79 Å². The summed E-state index contributed by atoms with van der Waals surface area (Å²) in [6.07, 6.45) is 1.92. The molecule has 30 heavy (non-hydrogen) atoms. The molecule has 0 aliphatic rings. The predicted molar refractivity (Wildman–Crippen MR) is 120 cm³/mol. The lowest BCUT2D eigenvalue weighted by molar-refractivity contribution is -0.146. The molecule has 0 aliphatic heterocycles. The zero-order valence-corrected chi connectivity index (χ0v) is 19.3. The summed E-state index contributed by atoms with van der Waals surface area (Å²) in [5, 5.41) is 1.15. The van der Waals surface area contributed by atoms with Crippen molar-refractivity contribution in [2.45, 2.75) is 6.42 Å². The summed E-state index contributed by atoms with van der Waals surface area (Å²) in [5.41, 5.74) is 0. The van der Waals surface area contributed by atoms with Crippen molar-refractivity contribution in [1.82, 2.24) is 0 Å². The summed E-state index contributed by atoms with van der Waals surface area (Å²) in [6, 6.07) is 9.79. The average molecular weight is 515 g/mol. The second kappa shape index (κ2) is 13.0. The first-order valence-electron chi connectivity index (χ1n) is 8.65. The number of hydrogen-bond donors (Lipinski definition) is 0. The summed E-state index contributed by atoms with van der Waals surface area (Å²) in [5.74, 6) is 0.790. The largest absolute Gasteiger partial charge is 0.490 e. The molecule has 5 nitrogen and oxygen atoms in total. The zero-order chi connectivity index (χ0) is 21.9. The molecule has 0 aromatic heterocycles. The van der Waals surface area contributed by atoms with E-state index in [0.717, 1.165) is 0 Å². The van der Waals surface area contributed by atoms with Crippen LogP contribution in [0.3, 0.4) is 0 Å². The fraction of sp³-hybridized carbons (Fsp3) is 0.250. The van der Waals surface area contributed by atoms with Crippen LogP contribution in [0.5, 0.6) is 17.2 Å². The van der Waals surface area contributed by atoms with E-state index < -0.39 is 5.97 Å². The second-order valence-corrected chi connectivity index (χ2v) is 7.94. The summed E-state index contributed by atoms with van der Waals surface area (Å²) in [6.45, 7) is 0.369. The van der Waals surface area contributed by atoms with Gasteiger partial charge < -0.3 is 18.9 Å². The van der Waals surface area contributed by atoms with Crippen molar-refractivity contribution in [2.24, 2.45) is 0 Å². The Bertz CT molecular complexity index is 843. The molecule has 0 saturated carbocycles. The van der Waals surface area contributed by atoms with Crippen LogP contribution in [-0.2, 0) is 9.53 Å². The minimum Gasteiger partial charge on any atom is -0.490 e. The van der Waals surface area contributed by atoms with E-state index in [1.54, 1.807) is 36.4 Å². The number of esters is 1. The smallest absolute Gasteiger partial charge is 0.344 e. The molecule has 2 rings (SSSR count). The molecule has 0 atom stereocenters. The van der Waals surface area contributed by atoms with E-state index in [-0.39, 0.29) is 41.0 Å². The molecule has 0 aliphatic carbocycles. The topological polar surface area (TPSA) is 54.0 Å². The first-order chi connectivity index (χ1) is 14.3. The van der Waals surface area contributed by atoms with Crippen LogP contribution in [0.25, 0.3) is 0 Å². The Labute approximate surface area is 199 Å². The van der Waals surface area contributed by atoms with E-state index in [1.807, 2.05) is 0 Å².